The van der Waals surface area contributed by atoms with E-state index in [-0.39, 0.29) is 0 Å². The highest BCUT2D eigenvalue weighted by molar-refractivity contribution is 5.81. The average Bonchev–Trinajstić information content (AvgIpc) is 2.54. The summed E-state index contributed by atoms with van der Waals surface area (Å²) in [6.07, 6.45) is 2.56. The number of hydrogen-bond acceptors (Lipinski definition) is 3. The van der Waals surface area contributed by atoms with Crippen LogP contribution in [0.5, 0.6) is 0 Å². The zero-order valence-electron chi connectivity index (χ0n) is 8.58. The molecule has 13 heavy (non-hydrogen) atoms. The number of carbonyl (C=O) groups is 1. The van der Waals surface area contributed by atoms with E-state index in [0.29, 0.717) is 11.8 Å². The highest BCUT2D eigenvalue weighted by atomic mass is 16.5. The van der Waals surface area contributed by atoms with Crippen molar-refractivity contribution in [2.24, 2.45) is 0 Å². The molecule has 1 unspecified atom stereocenters. The minimum atomic E-state index is 0.417. The largest absolute Gasteiger partial charge is 0.383 e. The molecule has 3 nitrogen and oxygen atoms in total. The number of likely N-dealkylation sites (N-methyl/N-ethyl adjacent to an activating group) is 1. The molecular weight excluding hydrogens is 166 g/mol. The van der Waals surface area contributed by atoms with Gasteiger partial charge in [0.25, 0.3) is 0 Å². The molecular formula is C10H19NO2. The van der Waals surface area contributed by atoms with Gasteiger partial charge in [-0.1, -0.05) is 6.92 Å². The first-order chi connectivity index (χ1) is 6.27. The molecule has 76 valence electrons. The summed E-state index contributed by atoms with van der Waals surface area (Å²) in [7, 11) is 1.72. The van der Waals surface area contributed by atoms with Crippen molar-refractivity contribution >= 4 is 5.78 Å². The first-order valence-corrected chi connectivity index (χ1v) is 5.02. The molecule has 1 aliphatic carbocycles. The van der Waals surface area contributed by atoms with E-state index in [1.54, 1.807) is 7.11 Å². The molecule has 1 atom stereocenters. The number of hydrogen-bond donors (Lipinski definition) is 0. The van der Waals surface area contributed by atoms with E-state index >= 15 is 0 Å². The van der Waals surface area contributed by atoms with Gasteiger partial charge in [0.05, 0.1) is 6.61 Å². The zero-order valence-corrected chi connectivity index (χ0v) is 8.58. The summed E-state index contributed by atoms with van der Waals surface area (Å²) in [5.41, 5.74) is 0. The second kappa shape index (κ2) is 5.35. The third kappa shape index (κ3) is 3.08. The molecule has 0 aromatic rings. The Morgan fingerprint density at radius 3 is 2.85 bits per heavy atom. The summed E-state index contributed by atoms with van der Waals surface area (Å²) in [5.74, 6) is 0.417. The van der Waals surface area contributed by atoms with Crippen molar-refractivity contribution in [3.8, 4) is 0 Å². The molecule has 0 heterocycles. The van der Waals surface area contributed by atoms with Crippen LogP contribution in [0.3, 0.4) is 0 Å². The maximum Gasteiger partial charge on any atom is 0.134 e. The van der Waals surface area contributed by atoms with Gasteiger partial charge in [-0.25, -0.2) is 0 Å². The predicted octanol–water partition coefficient (Wildman–Crippen LogP) is 1.08. The number of ether oxygens (including phenoxy) is 1. The van der Waals surface area contributed by atoms with Crippen molar-refractivity contribution in [1.29, 1.82) is 0 Å². The fourth-order valence-electron chi connectivity index (χ4n) is 1.91. The van der Waals surface area contributed by atoms with E-state index in [2.05, 4.69) is 11.8 Å². The molecule has 0 spiro atoms. The molecule has 0 bridgehead atoms. The third-order valence-corrected chi connectivity index (χ3v) is 2.72. The number of carbonyl (C=O) groups excluding carboxylic acids is 1. The highest BCUT2D eigenvalue weighted by Gasteiger charge is 2.26. The van der Waals surface area contributed by atoms with Crippen molar-refractivity contribution in [3.63, 3.8) is 0 Å². The smallest absolute Gasteiger partial charge is 0.134 e. The summed E-state index contributed by atoms with van der Waals surface area (Å²) in [5, 5.41) is 0. The molecule has 0 aromatic heterocycles. The summed E-state index contributed by atoms with van der Waals surface area (Å²) in [6.45, 7) is 4.86. The number of rotatable bonds is 5. The first kappa shape index (κ1) is 10.7. The van der Waals surface area contributed by atoms with Gasteiger partial charge >= 0.3 is 0 Å². The van der Waals surface area contributed by atoms with Crippen LogP contribution in [0.2, 0.25) is 0 Å². The fourth-order valence-corrected chi connectivity index (χ4v) is 1.91. The van der Waals surface area contributed by atoms with Crippen molar-refractivity contribution < 1.29 is 9.53 Å². The van der Waals surface area contributed by atoms with Crippen molar-refractivity contribution in [1.82, 2.24) is 4.90 Å². The van der Waals surface area contributed by atoms with Crippen molar-refractivity contribution in [3.05, 3.63) is 0 Å². The molecule has 1 aliphatic rings. The van der Waals surface area contributed by atoms with E-state index in [9.17, 15) is 4.79 Å². The van der Waals surface area contributed by atoms with Crippen molar-refractivity contribution in [2.75, 3.05) is 26.8 Å². The van der Waals surface area contributed by atoms with Crippen LogP contribution < -0.4 is 0 Å². The normalized spacial score (nSPS) is 23.0. The lowest BCUT2D eigenvalue weighted by Gasteiger charge is -2.26. The maximum atomic E-state index is 11.1. The zero-order chi connectivity index (χ0) is 9.68. The molecule has 0 amide bonds. The van der Waals surface area contributed by atoms with E-state index in [4.69, 9.17) is 4.74 Å². The van der Waals surface area contributed by atoms with Crippen LogP contribution >= 0.6 is 0 Å². The number of nitrogens with zero attached hydrogens (tertiary/aromatic N) is 1. The minimum absolute atomic E-state index is 0.417. The van der Waals surface area contributed by atoms with Gasteiger partial charge in [-0.05, 0) is 13.0 Å². The lowest BCUT2D eigenvalue weighted by Crippen LogP contribution is -2.36. The van der Waals surface area contributed by atoms with E-state index in [1.807, 2.05) is 0 Å². The van der Waals surface area contributed by atoms with Crippen LogP contribution in [-0.2, 0) is 9.53 Å². The summed E-state index contributed by atoms with van der Waals surface area (Å²) >= 11 is 0. The van der Waals surface area contributed by atoms with Gasteiger partial charge in [-0.3, -0.25) is 9.69 Å². The Bertz CT molecular complexity index is 170. The monoisotopic (exact) mass is 185 g/mol. The van der Waals surface area contributed by atoms with E-state index < -0.39 is 0 Å². The van der Waals surface area contributed by atoms with Crippen LogP contribution in [-0.4, -0.2) is 43.5 Å². The predicted molar refractivity (Wildman–Crippen MR) is 51.8 cm³/mol. The fraction of sp³-hybridized carbons (Fsp3) is 0.900. The Morgan fingerprint density at radius 2 is 2.38 bits per heavy atom. The lowest BCUT2D eigenvalue weighted by atomic mass is 10.2. The number of Topliss-reactive ketones (excluding diaryl/α,β-unsaturated/α-hetero) is 1. The van der Waals surface area contributed by atoms with Gasteiger partial charge in [-0.15, -0.1) is 0 Å². The van der Waals surface area contributed by atoms with Gasteiger partial charge in [0, 0.05) is 32.5 Å². The van der Waals surface area contributed by atoms with Crippen LogP contribution in [0.15, 0.2) is 0 Å². The first-order valence-electron chi connectivity index (χ1n) is 5.02. The van der Waals surface area contributed by atoms with Gasteiger partial charge < -0.3 is 4.74 Å². The van der Waals surface area contributed by atoms with Gasteiger partial charge in [0.2, 0.25) is 0 Å². The second-order valence-electron chi connectivity index (χ2n) is 3.56. The standard InChI is InChI=1S/C10H19NO2/c1-3-11(6-7-13-2)9-4-5-10(12)8-9/h9H,3-8H2,1-2H3. The molecule has 0 aromatic carbocycles. The maximum absolute atomic E-state index is 11.1. The van der Waals surface area contributed by atoms with Crippen LogP contribution in [0.4, 0.5) is 0 Å². The average molecular weight is 185 g/mol. The molecule has 1 saturated carbocycles. The Balaban J connectivity index is 2.33. The lowest BCUT2D eigenvalue weighted by molar-refractivity contribution is -0.117. The van der Waals surface area contributed by atoms with Crippen LogP contribution in [0.25, 0.3) is 0 Å². The van der Waals surface area contributed by atoms with E-state index in [1.165, 1.54) is 0 Å². The molecule has 0 aliphatic heterocycles. The van der Waals surface area contributed by atoms with Gasteiger partial charge in [0.15, 0.2) is 0 Å². The topological polar surface area (TPSA) is 29.5 Å². The minimum Gasteiger partial charge on any atom is -0.383 e. The van der Waals surface area contributed by atoms with Crippen LogP contribution in [0, 0.1) is 0 Å². The van der Waals surface area contributed by atoms with Crippen molar-refractivity contribution in [2.45, 2.75) is 32.2 Å². The summed E-state index contributed by atoms with van der Waals surface area (Å²) in [6, 6.07) is 0.479. The Morgan fingerprint density at radius 1 is 1.62 bits per heavy atom. The Kier molecular flexibility index (Phi) is 4.39. The number of ketones is 1. The van der Waals surface area contributed by atoms with Gasteiger partial charge in [0.1, 0.15) is 5.78 Å². The summed E-state index contributed by atoms with van der Waals surface area (Å²) in [4.78, 5) is 13.4. The SMILES string of the molecule is CCN(CCOC)C1CCC(=O)C1. The number of methoxy groups -OCH3 is 1. The third-order valence-electron chi connectivity index (χ3n) is 2.72. The van der Waals surface area contributed by atoms with E-state index in [0.717, 1.165) is 39.0 Å². The molecule has 0 saturated heterocycles. The molecule has 0 radical (unpaired) electrons. The second-order valence-corrected chi connectivity index (χ2v) is 3.56. The quantitative estimate of drug-likeness (QED) is 0.642. The Labute approximate surface area is 80.1 Å². The molecule has 1 rings (SSSR count). The molecule has 1 fully saturated rings. The summed E-state index contributed by atoms with van der Waals surface area (Å²) < 4.78 is 5.03. The Hall–Kier alpha value is -0.410. The highest BCUT2D eigenvalue weighted by Crippen LogP contribution is 2.20. The van der Waals surface area contributed by atoms with Crippen LogP contribution in [0.1, 0.15) is 26.2 Å². The molecule has 0 N–H and O–H groups in total. The van der Waals surface area contributed by atoms with Gasteiger partial charge in [-0.2, -0.15) is 0 Å². The molecule has 3 heteroatoms.